The molecule has 0 saturated heterocycles. The van der Waals surface area contributed by atoms with Gasteiger partial charge in [-0.1, -0.05) is 27.7 Å². The van der Waals surface area contributed by atoms with Gasteiger partial charge in [0.15, 0.2) is 0 Å². The molecule has 0 N–H and O–H groups in total. The van der Waals surface area contributed by atoms with Gasteiger partial charge in [-0.2, -0.15) is 0 Å². The number of hydrogen-bond donors (Lipinski definition) is 0. The van der Waals surface area contributed by atoms with Crippen LogP contribution in [0, 0.1) is 20.8 Å². The molecule has 0 unspecified atom stereocenters. The maximum atomic E-state index is 2.20. The van der Waals surface area contributed by atoms with Gasteiger partial charge in [0.2, 0.25) is 0 Å². The lowest BCUT2D eigenvalue weighted by atomic mass is 10.2. The highest BCUT2D eigenvalue weighted by atomic mass is 32.1. The summed E-state index contributed by atoms with van der Waals surface area (Å²) in [7, 11) is 0. The van der Waals surface area contributed by atoms with Crippen LogP contribution in [0.5, 0.6) is 0 Å². The lowest BCUT2D eigenvalue weighted by Crippen LogP contribution is -1.70. The van der Waals surface area contributed by atoms with Crippen LogP contribution in [0.2, 0.25) is 0 Å². The first-order chi connectivity index (χ1) is 5.72. The molecule has 1 heteroatoms. The Morgan fingerprint density at radius 2 is 1.33 bits per heavy atom. The predicted molar refractivity (Wildman–Crippen MR) is 61.2 cm³/mol. The second-order valence-corrected chi connectivity index (χ2v) is 3.18. The largest absolute Gasteiger partial charge is 0.149 e. The van der Waals surface area contributed by atoms with Gasteiger partial charge >= 0.3 is 0 Å². The third-order valence-electron chi connectivity index (χ3n) is 1.53. The number of rotatable bonds is 0. The smallest absolute Gasteiger partial charge is 0.00461 e. The van der Waals surface area contributed by atoms with Crippen molar-refractivity contribution in [1.29, 1.82) is 0 Å². The van der Waals surface area contributed by atoms with Crippen LogP contribution >= 0.6 is 11.3 Å². The van der Waals surface area contributed by atoms with Crippen LogP contribution in [0.1, 0.15) is 43.7 Å². The molecule has 0 radical (unpaired) electrons. The number of aryl methyl sites for hydroxylation is 2. The maximum absolute atomic E-state index is 2.20. The lowest BCUT2D eigenvalue weighted by molar-refractivity contribution is 1.35. The van der Waals surface area contributed by atoms with Gasteiger partial charge in [-0.15, -0.1) is 11.3 Å². The lowest BCUT2D eigenvalue weighted by Gasteiger charge is -1.86. The summed E-state index contributed by atoms with van der Waals surface area (Å²) in [4.78, 5) is 1.45. The molecule has 1 rings (SSSR count). The summed E-state index contributed by atoms with van der Waals surface area (Å²) < 4.78 is 0. The van der Waals surface area contributed by atoms with Crippen molar-refractivity contribution < 1.29 is 0 Å². The fourth-order valence-corrected chi connectivity index (χ4v) is 1.50. The van der Waals surface area contributed by atoms with E-state index in [4.69, 9.17) is 0 Å². The van der Waals surface area contributed by atoms with E-state index in [1.807, 2.05) is 39.0 Å². The van der Waals surface area contributed by atoms with Crippen LogP contribution in [0.25, 0.3) is 0 Å². The molecular weight excluding hydrogens is 164 g/mol. The molecule has 1 aromatic heterocycles. The van der Waals surface area contributed by atoms with E-state index in [1.54, 1.807) is 0 Å². The standard InChI is InChI=1S/C7H10S.2C2H6/c1-5-4-8-7(3)6(5)2;2*1-2/h4H,1-3H3;2*1-2H3. The summed E-state index contributed by atoms with van der Waals surface area (Å²) in [6.45, 7) is 14.5. The number of hydrogen-bond acceptors (Lipinski definition) is 1. The molecule has 1 heterocycles. The summed E-state index contributed by atoms with van der Waals surface area (Å²) in [5, 5.41) is 2.20. The maximum Gasteiger partial charge on any atom is 0.00461 e. The Balaban J connectivity index is 0. The molecule has 0 saturated carbocycles. The fourth-order valence-electron chi connectivity index (χ4n) is 0.631. The SMILES string of the molecule is CC.CC.Cc1csc(C)c1C. The third kappa shape index (κ3) is 4.55. The zero-order valence-corrected chi connectivity index (χ0v) is 10.3. The Morgan fingerprint density at radius 3 is 1.42 bits per heavy atom. The minimum atomic E-state index is 1.42. The second-order valence-electron chi connectivity index (χ2n) is 2.10. The van der Waals surface area contributed by atoms with Gasteiger partial charge in [-0.25, -0.2) is 0 Å². The first-order valence-corrected chi connectivity index (χ1v) is 5.61. The topological polar surface area (TPSA) is 0 Å². The molecule has 0 aromatic carbocycles. The van der Waals surface area contributed by atoms with Crippen LogP contribution in [0.3, 0.4) is 0 Å². The molecule has 0 nitrogen and oxygen atoms in total. The Hall–Kier alpha value is -0.300. The van der Waals surface area contributed by atoms with Gasteiger partial charge in [0.1, 0.15) is 0 Å². The van der Waals surface area contributed by atoms with Crippen molar-refractivity contribution in [3.05, 3.63) is 21.4 Å². The van der Waals surface area contributed by atoms with Gasteiger partial charge in [0.25, 0.3) is 0 Å². The number of thiophene rings is 1. The van der Waals surface area contributed by atoms with Crippen LogP contribution in [0.4, 0.5) is 0 Å². The van der Waals surface area contributed by atoms with E-state index in [9.17, 15) is 0 Å². The van der Waals surface area contributed by atoms with Gasteiger partial charge < -0.3 is 0 Å². The van der Waals surface area contributed by atoms with Crippen molar-refractivity contribution in [2.24, 2.45) is 0 Å². The molecule has 0 amide bonds. The van der Waals surface area contributed by atoms with Gasteiger partial charge in [-0.3, -0.25) is 0 Å². The monoisotopic (exact) mass is 186 g/mol. The van der Waals surface area contributed by atoms with Crippen molar-refractivity contribution in [3.8, 4) is 0 Å². The molecule has 0 atom stereocenters. The van der Waals surface area contributed by atoms with Crippen molar-refractivity contribution in [3.63, 3.8) is 0 Å². The quantitative estimate of drug-likeness (QED) is 0.549. The van der Waals surface area contributed by atoms with E-state index in [2.05, 4.69) is 26.2 Å². The predicted octanol–water partition coefficient (Wildman–Crippen LogP) is 4.73. The zero-order chi connectivity index (χ0) is 10.1. The van der Waals surface area contributed by atoms with Crippen molar-refractivity contribution in [2.75, 3.05) is 0 Å². The van der Waals surface area contributed by atoms with Crippen molar-refractivity contribution >= 4 is 11.3 Å². The second kappa shape index (κ2) is 8.79. The van der Waals surface area contributed by atoms with Crippen LogP contribution < -0.4 is 0 Å². The first-order valence-electron chi connectivity index (χ1n) is 4.73. The van der Waals surface area contributed by atoms with Gasteiger partial charge in [0.05, 0.1) is 0 Å². The molecule has 0 fully saturated rings. The summed E-state index contributed by atoms with van der Waals surface area (Å²) in [6, 6.07) is 0. The van der Waals surface area contributed by atoms with Crippen LogP contribution in [0.15, 0.2) is 5.38 Å². The minimum absolute atomic E-state index is 1.42. The highest BCUT2D eigenvalue weighted by molar-refractivity contribution is 7.10. The van der Waals surface area contributed by atoms with Crippen molar-refractivity contribution in [2.45, 2.75) is 48.5 Å². The van der Waals surface area contributed by atoms with Crippen LogP contribution in [-0.4, -0.2) is 0 Å². The highest BCUT2D eigenvalue weighted by Crippen LogP contribution is 2.18. The van der Waals surface area contributed by atoms with E-state index in [0.29, 0.717) is 0 Å². The summed E-state index contributed by atoms with van der Waals surface area (Å²) >= 11 is 1.83. The van der Waals surface area contributed by atoms with E-state index < -0.39 is 0 Å². The third-order valence-corrected chi connectivity index (χ3v) is 2.66. The molecule has 0 spiro atoms. The Labute approximate surface area is 81.6 Å². The van der Waals surface area contributed by atoms with E-state index in [0.717, 1.165) is 0 Å². The van der Waals surface area contributed by atoms with Crippen LogP contribution in [-0.2, 0) is 0 Å². The summed E-state index contributed by atoms with van der Waals surface area (Å²) in [5.74, 6) is 0. The minimum Gasteiger partial charge on any atom is -0.149 e. The highest BCUT2D eigenvalue weighted by Gasteiger charge is 1.95. The fraction of sp³-hybridized carbons (Fsp3) is 0.636. The van der Waals surface area contributed by atoms with Gasteiger partial charge in [0, 0.05) is 4.88 Å². The Bertz CT molecular complexity index is 167. The van der Waals surface area contributed by atoms with E-state index in [-0.39, 0.29) is 0 Å². The van der Waals surface area contributed by atoms with E-state index >= 15 is 0 Å². The molecular formula is C11H22S. The molecule has 12 heavy (non-hydrogen) atoms. The Morgan fingerprint density at radius 1 is 0.917 bits per heavy atom. The first kappa shape index (κ1) is 14.2. The molecule has 1 aromatic rings. The summed E-state index contributed by atoms with van der Waals surface area (Å²) in [6.07, 6.45) is 0. The Kier molecular flexibility index (Phi) is 10.4. The average molecular weight is 186 g/mol. The molecule has 0 aliphatic heterocycles. The van der Waals surface area contributed by atoms with E-state index in [1.165, 1.54) is 16.0 Å². The van der Waals surface area contributed by atoms with Crippen molar-refractivity contribution in [1.82, 2.24) is 0 Å². The zero-order valence-electron chi connectivity index (χ0n) is 9.49. The molecule has 72 valence electrons. The molecule has 0 aliphatic rings. The molecule has 0 bridgehead atoms. The average Bonchev–Trinajstić information content (AvgIpc) is 2.43. The normalized spacial score (nSPS) is 7.58. The summed E-state index contributed by atoms with van der Waals surface area (Å²) in [5.41, 5.74) is 2.88. The van der Waals surface area contributed by atoms with Gasteiger partial charge in [-0.05, 0) is 37.3 Å². The molecule has 0 aliphatic carbocycles.